The van der Waals surface area contributed by atoms with Gasteiger partial charge in [0, 0.05) is 14.9 Å². The molecular weight excluding hydrogens is 532 g/mol. The molecule has 0 aliphatic rings. The monoisotopic (exact) mass is 558 g/mol. The van der Waals surface area contributed by atoms with E-state index in [9.17, 15) is 0 Å². The molecule has 0 fully saturated rings. The van der Waals surface area contributed by atoms with Crippen molar-refractivity contribution in [3.05, 3.63) is 139 Å². The highest BCUT2D eigenvalue weighted by atomic mass is 79.9. The van der Waals surface area contributed by atoms with E-state index >= 15 is 0 Å². The van der Waals surface area contributed by atoms with Crippen LogP contribution in [0.3, 0.4) is 0 Å². The Labute approximate surface area is 214 Å². The lowest BCUT2D eigenvalue weighted by Crippen LogP contribution is -2.11. The Morgan fingerprint density at radius 1 is 0.515 bits per heavy atom. The predicted molar refractivity (Wildman–Crippen MR) is 150 cm³/mol. The lowest BCUT2D eigenvalue weighted by Gasteiger charge is -2.22. The first kappa shape index (κ1) is 23.7. The fourth-order valence-corrected chi connectivity index (χ4v) is 4.50. The van der Waals surface area contributed by atoms with Crippen molar-refractivity contribution in [3.63, 3.8) is 0 Å². The Balaban J connectivity index is 1.65. The van der Waals surface area contributed by atoms with Gasteiger partial charge in [0.25, 0.3) is 0 Å². The molecule has 4 rings (SSSR count). The van der Waals surface area contributed by atoms with Crippen LogP contribution in [0.25, 0.3) is 12.2 Å². The highest BCUT2D eigenvalue weighted by Gasteiger charge is 2.19. The standard InChI is InChI=1S/C31H28Br2/c1-31(2,3)27-16-12-25(13-17-27)30(26-14-20-29(33)21-15-26)24-10-6-22(7-11-24)4-5-23-8-18-28(32)19-9-23/h4-21,30H,1-3H3/b5-4+/t30-/m1/s1. The number of hydrogen-bond donors (Lipinski definition) is 0. The minimum absolute atomic E-state index is 0.147. The van der Waals surface area contributed by atoms with E-state index in [4.69, 9.17) is 0 Å². The predicted octanol–water partition coefficient (Wildman–Crippen LogP) is 9.86. The molecule has 1 atom stereocenters. The molecule has 166 valence electrons. The Hall–Kier alpha value is -2.42. The van der Waals surface area contributed by atoms with Crippen LogP contribution in [0.2, 0.25) is 0 Å². The average Bonchev–Trinajstić information content (AvgIpc) is 2.81. The molecule has 0 saturated carbocycles. The Bertz CT molecular complexity index is 1210. The molecule has 0 spiro atoms. The summed E-state index contributed by atoms with van der Waals surface area (Å²) in [4.78, 5) is 0. The van der Waals surface area contributed by atoms with Gasteiger partial charge in [0.15, 0.2) is 0 Å². The zero-order chi connectivity index (χ0) is 23.4. The summed E-state index contributed by atoms with van der Waals surface area (Å²) in [5.41, 5.74) is 7.78. The summed E-state index contributed by atoms with van der Waals surface area (Å²) in [5.74, 6) is 0.191. The van der Waals surface area contributed by atoms with Crippen molar-refractivity contribution in [1.29, 1.82) is 0 Å². The summed E-state index contributed by atoms with van der Waals surface area (Å²) >= 11 is 7.07. The molecule has 0 aromatic heterocycles. The molecule has 0 bridgehead atoms. The minimum Gasteiger partial charge on any atom is -0.0582 e. The van der Waals surface area contributed by atoms with E-state index in [0.717, 1.165) is 8.95 Å². The fourth-order valence-electron chi connectivity index (χ4n) is 3.97. The van der Waals surface area contributed by atoms with E-state index in [1.165, 1.54) is 33.4 Å². The van der Waals surface area contributed by atoms with Gasteiger partial charge in [0.2, 0.25) is 0 Å². The second-order valence-electron chi connectivity index (χ2n) is 9.41. The largest absolute Gasteiger partial charge is 0.0582 e. The molecule has 0 unspecified atom stereocenters. The number of hydrogen-bond acceptors (Lipinski definition) is 0. The van der Waals surface area contributed by atoms with Crippen molar-refractivity contribution in [2.24, 2.45) is 0 Å². The summed E-state index contributed by atoms with van der Waals surface area (Å²) in [5, 5.41) is 0. The maximum absolute atomic E-state index is 3.58. The first-order chi connectivity index (χ1) is 15.8. The maximum Gasteiger partial charge on any atom is 0.0340 e. The van der Waals surface area contributed by atoms with Gasteiger partial charge in [-0.05, 0) is 63.1 Å². The van der Waals surface area contributed by atoms with E-state index in [1.807, 2.05) is 0 Å². The molecule has 0 N–H and O–H groups in total. The quantitative estimate of drug-likeness (QED) is 0.168. The van der Waals surface area contributed by atoms with Gasteiger partial charge >= 0.3 is 0 Å². The van der Waals surface area contributed by atoms with Crippen molar-refractivity contribution in [2.45, 2.75) is 32.1 Å². The van der Waals surface area contributed by atoms with Crippen LogP contribution in [0.5, 0.6) is 0 Å². The minimum atomic E-state index is 0.147. The second-order valence-corrected chi connectivity index (χ2v) is 11.2. The van der Waals surface area contributed by atoms with Crippen molar-refractivity contribution in [2.75, 3.05) is 0 Å². The lowest BCUT2D eigenvalue weighted by atomic mass is 9.82. The molecule has 0 nitrogen and oxygen atoms in total. The number of halogens is 2. The van der Waals surface area contributed by atoms with Crippen LogP contribution in [0.4, 0.5) is 0 Å². The smallest absolute Gasteiger partial charge is 0.0340 e. The van der Waals surface area contributed by atoms with E-state index in [0.29, 0.717) is 0 Å². The van der Waals surface area contributed by atoms with Gasteiger partial charge in [-0.25, -0.2) is 0 Å². The van der Waals surface area contributed by atoms with E-state index in [1.54, 1.807) is 0 Å². The Morgan fingerprint density at radius 2 is 0.848 bits per heavy atom. The molecule has 4 aromatic rings. The van der Waals surface area contributed by atoms with Gasteiger partial charge in [-0.3, -0.25) is 0 Å². The summed E-state index contributed by atoms with van der Waals surface area (Å²) in [6.07, 6.45) is 4.32. The van der Waals surface area contributed by atoms with Crippen molar-refractivity contribution in [3.8, 4) is 0 Å². The van der Waals surface area contributed by atoms with E-state index in [-0.39, 0.29) is 11.3 Å². The number of benzene rings is 4. The van der Waals surface area contributed by atoms with Crippen LogP contribution < -0.4 is 0 Å². The second kappa shape index (κ2) is 10.2. The SMILES string of the molecule is CC(C)(C)c1ccc([C@H](c2ccc(Br)cc2)c2ccc(/C=C/c3ccc(Br)cc3)cc2)cc1. The normalized spacial score (nSPS) is 12.8. The van der Waals surface area contributed by atoms with Crippen LogP contribution in [-0.2, 0) is 5.41 Å². The van der Waals surface area contributed by atoms with Gasteiger partial charge in [0.1, 0.15) is 0 Å². The summed E-state index contributed by atoms with van der Waals surface area (Å²) in [7, 11) is 0. The van der Waals surface area contributed by atoms with Crippen molar-refractivity contribution < 1.29 is 0 Å². The van der Waals surface area contributed by atoms with Gasteiger partial charge in [-0.15, -0.1) is 0 Å². The highest BCUT2D eigenvalue weighted by molar-refractivity contribution is 9.10. The van der Waals surface area contributed by atoms with Crippen LogP contribution in [0, 0.1) is 0 Å². The molecular formula is C31H28Br2. The number of rotatable bonds is 5. The average molecular weight is 560 g/mol. The zero-order valence-corrected chi connectivity index (χ0v) is 22.4. The maximum atomic E-state index is 3.58. The van der Waals surface area contributed by atoms with Crippen LogP contribution in [-0.4, -0.2) is 0 Å². The molecule has 0 radical (unpaired) electrons. The molecule has 33 heavy (non-hydrogen) atoms. The molecule has 0 aliphatic carbocycles. The highest BCUT2D eigenvalue weighted by Crippen LogP contribution is 2.34. The molecule has 0 aliphatic heterocycles. The molecule has 4 aromatic carbocycles. The third kappa shape index (κ3) is 6.13. The van der Waals surface area contributed by atoms with Gasteiger partial charge < -0.3 is 0 Å². The van der Waals surface area contributed by atoms with Crippen LogP contribution in [0.15, 0.2) is 106 Å². The summed E-state index contributed by atoms with van der Waals surface area (Å²) in [6, 6.07) is 35.1. The third-order valence-corrected chi connectivity index (χ3v) is 6.98. The third-order valence-electron chi connectivity index (χ3n) is 5.92. The van der Waals surface area contributed by atoms with E-state index < -0.39 is 0 Å². The fraction of sp³-hybridized carbons (Fsp3) is 0.161. The van der Waals surface area contributed by atoms with Crippen molar-refractivity contribution >= 4 is 44.0 Å². The van der Waals surface area contributed by atoms with Gasteiger partial charge in [-0.1, -0.05) is 138 Å². The molecule has 0 saturated heterocycles. The first-order valence-electron chi connectivity index (χ1n) is 11.2. The van der Waals surface area contributed by atoms with E-state index in [2.05, 4.69) is 162 Å². The Kier molecular flexibility index (Phi) is 7.36. The Morgan fingerprint density at radius 3 is 1.27 bits per heavy atom. The molecule has 2 heteroatoms. The topological polar surface area (TPSA) is 0 Å². The first-order valence-corrected chi connectivity index (χ1v) is 12.8. The van der Waals surface area contributed by atoms with Gasteiger partial charge in [0.05, 0.1) is 0 Å². The lowest BCUT2D eigenvalue weighted by molar-refractivity contribution is 0.590. The molecule has 0 amide bonds. The molecule has 0 heterocycles. The van der Waals surface area contributed by atoms with Crippen molar-refractivity contribution in [1.82, 2.24) is 0 Å². The van der Waals surface area contributed by atoms with Crippen LogP contribution >= 0.6 is 31.9 Å². The van der Waals surface area contributed by atoms with Crippen LogP contribution in [0.1, 0.15) is 60.1 Å². The van der Waals surface area contributed by atoms with Gasteiger partial charge in [-0.2, -0.15) is 0 Å². The zero-order valence-electron chi connectivity index (χ0n) is 19.2. The summed E-state index contributed by atoms with van der Waals surface area (Å²) < 4.78 is 2.19. The summed E-state index contributed by atoms with van der Waals surface area (Å²) in [6.45, 7) is 6.78.